The Labute approximate surface area is 114 Å². The summed E-state index contributed by atoms with van der Waals surface area (Å²) in [5.41, 5.74) is 7.16. The smallest absolute Gasteiger partial charge is 0.321 e. The number of nitrogens with two attached hydrogens (primary N) is 1. The molecule has 0 aliphatic heterocycles. The lowest BCUT2D eigenvalue weighted by atomic mass is 10.2. The highest BCUT2D eigenvalue weighted by molar-refractivity contribution is 7.98. The number of carboxylic acid groups (broad SMARTS) is 1. The molecule has 1 unspecified atom stereocenters. The molecule has 0 radical (unpaired) electrons. The minimum absolute atomic E-state index is 0.350. The first-order valence-corrected chi connectivity index (χ1v) is 6.89. The quantitative estimate of drug-likeness (QED) is 0.840. The third-order valence-electron chi connectivity index (χ3n) is 2.48. The maximum atomic E-state index is 10.6. The zero-order chi connectivity index (χ0) is 13.7. The van der Waals surface area contributed by atoms with Crippen molar-refractivity contribution in [3.8, 4) is 11.3 Å². The summed E-state index contributed by atoms with van der Waals surface area (Å²) in [6.45, 7) is 0. The van der Waals surface area contributed by atoms with Crippen molar-refractivity contribution in [3.63, 3.8) is 0 Å². The van der Waals surface area contributed by atoms with Gasteiger partial charge in [-0.1, -0.05) is 35.5 Å². The Hall–Kier alpha value is -1.79. The average Bonchev–Trinajstić information content (AvgIpc) is 2.88. The second-order valence-corrected chi connectivity index (χ2v) is 5.04. The van der Waals surface area contributed by atoms with Crippen molar-refractivity contribution in [1.82, 2.24) is 5.16 Å². The molecular formula is C13H14N2O3S. The molecule has 0 fully saturated rings. The monoisotopic (exact) mass is 278 g/mol. The Bertz CT molecular complexity index is 542. The van der Waals surface area contributed by atoms with E-state index in [1.807, 2.05) is 36.4 Å². The van der Waals surface area contributed by atoms with Gasteiger partial charge in [0.1, 0.15) is 6.04 Å². The zero-order valence-electron chi connectivity index (χ0n) is 10.2. The van der Waals surface area contributed by atoms with Crippen molar-refractivity contribution in [2.45, 2.75) is 11.8 Å². The maximum absolute atomic E-state index is 10.6. The highest BCUT2D eigenvalue weighted by atomic mass is 32.2. The summed E-state index contributed by atoms with van der Waals surface area (Å²) in [7, 11) is 0. The third kappa shape index (κ3) is 3.84. The van der Waals surface area contributed by atoms with Gasteiger partial charge in [-0.2, -0.15) is 11.8 Å². The minimum atomic E-state index is -0.988. The molecule has 19 heavy (non-hydrogen) atoms. The van der Waals surface area contributed by atoms with E-state index in [0.717, 1.165) is 11.3 Å². The summed E-state index contributed by atoms with van der Waals surface area (Å²) in [5, 5.41) is 12.6. The fraction of sp³-hybridized carbons (Fsp3) is 0.231. The number of nitrogens with zero attached hydrogens (tertiary/aromatic N) is 1. The first kappa shape index (κ1) is 13.6. The van der Waals surface area contributed by atoms with E-state index in [1.165, 1.54) is 11.8 Å². The molecule has 1 aromatic carbocycles. The van der Waals surface area contributed by atoms with Crippen LogP contribution in [-0.2, 0) is 10.5 Å². The number of carboxylic acids is 1. The number of rotatable bonds is 6. The molecule has 1 heterocycles. The van der Waals surface area contributed by atoms with Crippen molar-refractivity contribution in [1.29, 1.82) is 0 Å². The van der Waals surface area contributed by atoms with Crippen LogP contribution in [0.2, 0.25) is 0 Å². The van der Waals surface area contributed by atoms with E-state index in [0.29, 0.717) is 17.3 Å². The standard InChI is InChI=1S/C13H14N2O3S/c14-11(13(16)17)8-19-7-10-6-12(18-15-10)9-4-2-1-3-5-9/h1-6,11H,7-8,14H2,(H,16,17). The van der Waals surface area contributed by atoms with Crippen LogP contribution in [0, 0.1) is 0 Å². The lowest BCUT2D eigenvalue weighted by Crippen LogP contribution is -2.32. The van der Waals surface area contributed by atoms with Gasteiger partial charge < -0.3 is 15.4 Å². The number of hydrogen-bond acceptors (Lipinski definition) is 5. The SMILES string of the molecule is NC(CSCc1cc(-c2ccccc2)on1)C(=O)O. The molecule has 2 rings (SSSR count). The van der Waals surface area contributed by atoms with Crippen molar-refractivity contribution < 1.29 is 14.4 Å². The van der Waals surface area contributed by atoms with Gasteiger partial charge in [0.25, 0.3) is 0 Å². The molecule has 0 saturated carbocycles. The third-order valence-corrected chi connectivity index (χ3v) is 3.58. The van der Waals surface area contributed by atoms with Gasteiger partial charge in [-0.3, -0.25) is 4.79 Å². The number of benzene rings is 1. The molecular weight excluding hydrogens is 264 g/mol. The van der Waals surface area contributed by atoms with Crippen LogP contribution in [0.1, 0.15) is 5.69 Å². The Morgan fingerprint density at radius 3 is 2.84 bits per heavy atom. The van der Waals surface area contributed by atoms with Crippen molar-refractivity contribution in [2.75, 3.05) is 5.75 Å². The van der Waals surface area contributed by atoms with Crippen LogP contribution in [0.25, 0.3) is 11.3 Å². The van der Waals surface area contributed by atoms with E-state index < -0.39 is 12.0 Å². The first-order valence-electron chi connectivity index (χ1n) is 5.74. The summed E-state index contributed by atoms with van der Waals surface area (Å²) in [5.74, 6) is 0.650. The van der Waals surface area contributed by atoms with E-state index in [9.17, 15) is 4.79 Å². The van der Waals surface area contributed by atoms with E-state index >= 15 is 0 Å². The number of thioether (sulfide) groups is 1. The van der Waals surface area contributed by atoms with Crippen LogP contribution >= 0.6 is 11.8 Å². The number of carbonyl (C=O) groups is 1. The lowest BCUT2D eigenvalue weighted by molar-refractivity contribution is -0.137. The molecule has 1 aromatic heterocycles. The molecule has 100 valence electrons. The average molecular weight is 278 g/mol. The summed E-state index contributed by atoms with van der Waals surface area (Å²) in [4.78, 5) is 10.6. The summed E-state index contributed by atoms with van der Waals surface area (Å²) >= 11 is 1.42. The Morgan fingerprint density at radius 1 is 1.42 bits per heavy atom. The summed E-state index contributed by atoms with van der Waals surface area (Å²) in [6.07, 6.45) is 0. The van der Waals surface area contributed by atoms with E-state index in [4.69, 9.17) is 15.4 Å². The van der Waals surface area contributed by atoms with Gasteiger partial charge in [0.05, 0.1) is 5.69 Å². The molecule has 6 heteroatoms. The molecule has 5 nitrogen and oxygen atoms in total. The van der Waals surface area contributed by atoms with Crippen molar-refractivity contribution in [3.05, 3.63) is 42.1 Å². The van der Waals surface area contributed by atoms with Gasteiger partial charge in [0.15, 0.2) is 5.76 Å². The number of aliphatic carboxylic acids is 1. The van der Waals surface area contributed by atoms with Crippen LogP contribution < -0.4 is 5.73 Å². The Morgan fingerprint density at radius 2 is 2.16 bits per heavy atom. The molecule has 0 saturated heterocycles. The molecule has 1 atom stereocenters. The van der Waals surface area contributed by atoms with Crippen LogP contribution in [0.15, 0.2) is 40.9 Å². The van der Waals surface area contributed by atoms with Gasteiger partial charge in [-0.25, -0.2) is 0 Å². The van der Waals surface area contributed by atoms with E-state index in [-0.39, 0.29) is 0 Å². The maximum Gasteiger partial charge on any atom is 0.321 e. The lowest BCUT2D eigenvalue weighted by Gasteiger charge is -2.03. The topological polar surface area (TPSA) is 89.4 Å². The van der Waals surface area contributed by atoms with Crippen molar-refractivity contribution >= 4 is 17.7 Å². The van der Waals surface area contributed by atoms with Gasteiger partial charge in [0.2, 0.25) is 0 Å². The van der Waals surface area contributed by atoms with Crippen LogP contribution in [-0.4, -0.2) is 28.0 Å². The largest absolute Gasteiger partial charge is 0.480 e. The second-order valence-electron chi connectivity index (χ2n) is 4.01. The van der Waals surface area contributed by atoms with Gasteiger partial charge in [0, 0.05) is 23.1 Å². The molecule has 0 spiro atoms. The predicted octanol–water partition coefficient (Wildman–Crippen LogP) is 1.99. The predicted molar refractivity (Wildman–Crippen MR) is 73.7 cm³/mol. The number of hydrogen-bond donors (Lipinski definition) is 2. The molecule has 0 aliphatic rings. The fourth-order valence-corrected chi connectivity index (χ4v) is 2.34. The highest BCUT2D eigenvalue weighted by Crippen LogP contribution is 2.21. The second kappa shape index (κ2) is 6.40. The minimum Gasteiger partial charge on any atom is -0.480 e. The first-order chi connectivity index (χ1) is 9.16. The zero-order valence-corrected chi connectivity index (χ0v) is 11.0. The molecule has 0 bridgehead atoms. The van der Waals surface area contributed by atoms with Gasteiger partial charge in [-0.05, 0) is 0 Å². The van der Waals surface area contributed by atoms with Crippen molar-refractivity contribution in [2.24, 2.45) is 5.73 Å². The van der Waals surface area contributed by atoms with E-state index in [2.05, 4.69) is 5.16 Å². The summed E-state index contributed by atoms with van der Waals surface area (Å²) in [6, 6.07) is 10.7. The van der Waals surface area contributed by atoms with Gasteiger partial charge in [-0.15, -0.1) is 0 Å². The molecule has 0 amide bonds. The van der Waals surface area contributed by atoms with Crippen LogP contribution in [0.5, 0.6) is 0 Å². The Kier molecular flexibility index (Phi) is 4.59. The fourth-order valence-electron chi connectivity index (χ4n) is 1.48. The molecule has 0 aliphatic carbocycles. The van der Waals surface area contributed by atoms with Crippen LogP contribution in [0.3, 0.4) is 0 Å². The normalized spacial score (nSPS) is 12.3. The number of aromatic nitrogens is 1. The Balaban J connectivity index is 1.90. The molecule has 2 aromatic rings. The van der Waals surface area contributed by atoms with Gasteiger partial charge >= 0.3 is 5.97 Å². The summed E-state index contributed by atoms with van der Waals surface area (Å²) < 4.78 is 5.24. The molecule has 3 N–H and O–H groups in total. The highest BCUT2D eigenvalue weighted by Gasteiger charge is 2.12. The van der Waals surface area contributed by atoms with Crippen LogP contribution in [0.4, 0.5) is 0 Å². The van der Waals surface area contributed by atoms with E-state index in [1.54, 1.807) is 0 Å².